The van der Waals surface area contributed by atoms with Crippen molar-refractivity contribution in [1.82, 2.24) is 4.90 Å². The molecule has 1 aliphatic heterocycles. The van der Waals surface area contributed by atoms with Crippen LogP contribution in [0.2, 0.25) is 5.02 Å². The van der Waals surface area contributed by atoms with Gasteiger partial charge in [-0.3, -0.25) is 9.69 Å². The summed E-state index contributed by atoms with van der Waals surface area (Å²) in [6.07, 6.45) is 0. The van der Waals surface area contributed by atoms with Crippen molar-refractivity contribution in [3.63, 3.8) is 0 Å². The first-order chi connectivity index (χ1) is 13.0. The number of piperazine rings is 1. The van der Waals surface area contributed by atoms with Gasteiger partial charge in [0, 0.05) is 37.6 Å². The first-order valence-electron chi connectivity index (χ1n) is 8.87. The molecule has 1 aliphatic rings. The van der Waals surface area contributed by atoms with Crippen LogP contribution in [0.5, 0.6) is 5.75 Å². The smallest absolute Gasteiger partial charge is 0.241 e. The second kappa shape index (κ2) is 8.59. The molecule has 0 aromatic heterocycles. The zero-order valence-corrected chi connectivity index (χ0v) is 16.2. The van der Waals surface area contributed by atoms with Crippen LogP contribution in [0, 0.1) is 5.82 Å². The van der Waals surface area contributed by atoms with Crippen LogP contribution in [-0.2, 0) is 4.79 Å². The third-order valence-corrected chi connectivity index (χ3v) is 5.16. The van der Waals surface area contributed by atoms with Crippen LogP contribution >= 0.6 is 11.6 Å². The quantitative estimate of drug-likeness (QED) is 0.845. The van der Waals surface area contributed by atoms with Crippen LogP contribution in [0.4, 0.5) is 15.8 Å². The fourth-order valence-electron chi connectivity index (χ4n) is 3.15. The second-order valence-corrected chi connectivity index (χ2v) is 6.92. The van der Waals surface area contributed by atoms with Gasteiger partial charge >= 0.3 is 0 Å². The number of anilines is 2. The molecule has 2 aromatic rings. The molecule has 0 bridgehead atoms. The van der Waals surface area contributed by atoms with Crippen LogP contribution in [0.3, 0.4) is 0 Å². The number of carbonyl (C=O) groups excluding carboxylic acids is 1. The Morgan fingerprint density at radius 2 is 1.81 bits per heavy atom. The van der Waals surface area contributed by atoms with Gasteiger partial charge in [-0.1, -0.05) is 11.6 Å². The first kappa shape index (κ1) is 19.5. The summed E-state index contributed by atoms with van der Waals surface area (Å²) < 4.78 is 18.4. The Morgan fingerprint density at radius 1 is 1.15 bits per heavy atom. The number of methoxy groups -OCH3 is 1. The summed E-state index contributed by atoms with van der Waals surface area (Å²) in [6, 6.07) is 11.9. The maximum absolute atomic E-state index is 13.2. The van der Waals surface area contributed by atoms with E-state index in [1.54, 1.807) is 7.11 Å². The van der Waals surface area contributed by atoms with Crippen molar-refractivity contribution in [2.24, 2.45) is 0 Å². The Hall–Kier alpha value is -2.31. The lowest BCUT2D eigenvalue weighted by Crippen LogP contribution is -2.52. The van der Waals surface area contributed by atoms with Gasteiger partial charge in [-0.25, -0.2) is 4.39 Å². The third-order valence-electron chi connectivity index (χ3n) is 4.87. The van der Waals surface area contributed by atoms with Gasteiger partial charge in [-0.15, -0.1) is 0 Å². The zero-order valence-electron chi connectivity index (χ0n) is 15.4. The fraction of sp³-hybridized carbons (Fsp3) is 0.350. The Morgan fingerprint density at radius 3 is 2.41 bits per heavy atom. The number of hydrogen-bond acceptors (Lipinski definition) is 4. The Labute approximate surface area is 163 Å². The summed E-state index contributed by atoms with van der Waals surface area (Å²) in [5.41, 5.74) is 1.64. The maximum atomic E-state index is 13.2. The number of benzene rings is 2. The number of nitrogens with one attached hydrogen (secondary N) is 1. The molecular weight excluding hydrogens is 369 g/mol. The molecule has 0 radical (unpaired) electrons. The molecule has 0 aliphatic carbocycles. The molecule has 1 N–H and O–H groups in total. The molecule has 1 heterocycles. The molecule has 3 rings (SSSR count). The number of nitrogens with zero attached hydrogens (tertiary/aromatic N) is 2. The van der Waals surface area contributed by atoms with E-state index < -0.39 is 5.82 Å². The molecule has 1 fully saturated rings. The highest BCUT2D eigenvalue weighted by atomic mass is 35.5. The summed E-state index contributed by atoms with van der Waals surface area (Å²) in [6.45, 7) is 5.12. The predicted octanol–water partition coefficient (Wildman–Crippen LogP) is 3.64. The number of amides is 1. The lowest BCUT2D eigenvalue weighted by Gasteiger charge is -2.38. The lowest BCUT2D eigenvalue weighted by molar-refractivity contribution is -0.120. The lowest BCUT2D eigenvalue weighted by atomic mass is 10.2. The highest BCUT2D eigenvalue weighted by molar-refractivity contribution is 6.31. The van der Waals surface area contributed by atoms with Gasteiger partial charge < -0.3 is 15.0 Å². The average Bonchev–Trinajstić information content (AvgIpc) is 2.70. The third kappa shape index (κ3) is 4.70. The number of ether oxygens (including phenoxy) is 1. The molecule has 0 saturated carbocycles. The standard InChI is InChI=1S/C20H23ClFN3O2/c1-14(20(26)23-15-3-8-19(22)18(21)13-15)24-9-11-25(12-10-24)16-4-6-17(27-2)7-5-16/h3-8,13-14H,9-12H2,1-2H3,(H,23,26)/t14-/m0/s1. The average molecular weight is 392 g/mol. The van der Waals surface area contributed by atoms with Crippen molar-refractivity contribution in [3.8, 4) is 5.75 Å². The minimum Gasteiger partial charge on any atom is -0.497 e. The molecule has 1 saturated heterocycles. The normalized spacial score (nSPS) is 16.1. The van der Waals surface area contributed by atoms with Crippen molar-refractivity contribution in [2.45, 2.75) is 13.0 Å². The van der Waals surface area contributed by atoms with E-state index in [0.29, 0.717) is 5.69 Å². The summed E-state index contributed by atoms with van der Waals surface area (Å²) in [5.74, 6) is 0.205. The van der Waals surface area contributed by atoms with Gasteiger partial charge in [0.2, 0.25) is 5.91 Å². The van der Waals surface area contributed by atoms with Gasteiger partial charge in [0.05, 0.1) is 18.2 Å². The number of halogens is 2. The van der Waals surface area contributed by atoms with Crippen LogP contribution in [0.1, 0.15) is 6.92 Å². The first-order valence-corrected chi connectivity index (χ1v) is 9.24. The summed E-state index contributed by atoms with van der Waals surface area (Å²) in [4.78, 5) is 16.9. The van der Waals surface area contributed by atoms with Crippen molar-refractivity contribution in [1.29, 1.82) is 0 Å². The summed E-state index contributed by atoms with van der Waals surface area (Å²) in [5, 5.41) is 2.80. The van der Waals surface area contributed by atoms with Gasteiger partial charge in [-0.2, -0.15) is 0 Å². The predicted molar refractivity (Wildman–Crippen MR) is 106 cm³/mol. The molecule has 1 amide bonds. The molecule has 1 atom stereocenters. The van der Waals surface area contributed by atoms with Crippen LogP contribution < -0.4 is 15.0 Å². The molecule has 0 unspecified atom stereocenters. The van der Waals surface area contributed by atoms with E-state index >= 15 is 0 Å². The zero-order chi connectivity index (χ0) is 19.4. The van der Waals surface area contributed by atoms with E-state index in [0.717, 1.165) is 37.6 Å². The summed E-state index contributed by atoms with van der Waals surface area (Å²) in [7, 11) is 1.65. The molecule has 27 heavy (non-hydrogen) atoms. The van der Waals surface area contributed by atoms with Crippen molar-refractivity contribution >= 4 is 28.9 Å². The Kier molecular flexibility index (Phi) is 6.19. The molecule has 144 valence electrons. The molecule has 7 heteroatoms. The molecule has 2 aromatic carbocycles. The van der Waals surface area contributed by atoms with Crippen molar-refractivity contribution in [2.75, 3.05) is 43.5 Å². The highest BCUT2D eigenvalue weighted by Crippen LogP contribution is 2.22. The Bertz CT molecular complexity index is 792. The number of rotatable bonds is 5. The van der Waals surface area contributed by atoms with Gasteiger partial charge in [0.15, 0.2) is 0 Å². The van der Waals surface area contributed by atoms with E-state index in [1.165, 1.54) is 18.2 Å². The van der Waals surface area contributed by atoms with E-state index in [4.69, 9.17) is 16.3 Å². The summed E-state index contributed by atoms with van der Waals surface area (Å²) >= 11 is 5.77. The van der Waals surface area contributed by atoms with E-state index in [-0.39, 0.29) is 17.0 Å². The van der Waals surface area contributed by atoms with Crippen molar-refractivity contribution in [3.05, 3.63) is 53.3 Å². The van der Waals surface area contributed by atoms with Gasteiger partial charge in [-0.05, 0) is 49.4 Å². The van der Waals surface area contributed by atoms with Gasteiger partial charge in [0.1, 0.15) is 11.6 Å². The largest absolute Gasteiger partial charge is 0.497 e. The second-order valence-electron chi connectivity index (χ2n) is 6.52. The molecule has 5 nitrogen and oxygen atoms in total. The minimum atomic E-state index is -0.502. The monoisotopic (exact) mass is 391 g/mol. The number of carbonyl (C=O) groups is 1. The highest BCUT2D eigenvalue weighted by Gasteiger charge is 2.26. The van der Waals surface area contributed by atoms with Gasteiger partial charge in [0.25, 0.3) is 0 Å². The number of hydrogen-bond donors (Lipinski definition) is 1. The van der Waals surface area contributed by atoms with Crippen LogP contribution in [0.15, 0.2) is 42.5 Å². The fourth-order valence-corrected chi connectivity index (χ4v) is 3.33. The topological polar surface area (TPSA) is 44.8 Å². The van der Waals surface area contributed by atoms with E-state index in [2.05, 4.69) is 15.1 Å². The van der Waals surface area contributed by atoms with E-state index in [1.807, 2.05) is 31.2 Å². The Balaban J connectivity index is 1.54. The van der Waals surface area contributed by atoms with Crippen LogP contribution in [-0.4, -0.2) is 50.1 Å². The maximum Gasteiger partial charge on any atom is 0.241 e. The van der Waals surface area contributed by atoms with E-state index in [9.17, 15) is 9.18 Å². The SMILES string of the molecule is COc1ccc(N2CCN([C@@H](C)C(=O)Nc3ccc(F)c(Cl)c3)CC2)cc1. The van der Waals surface area contributed by atoms with Crippen LogP contribution in [0.25, 0.3) is 0 Å². The molecule has 0 spiro atoms. The molecular formula is C20H23ClFN3O2. The van der Waals surface area contributed by atoms with Crippen molar-refractivity contribution < 1.29 is 13.9 Å². The minimum absolute atomic E-state index is 0.00596.